The molecule has 0 aliphatic heterocycles. The van der Waals surface area contributed by atoms with Crippen LogP contribution >= 0.6 is 0 Å². The Hall–Kier alpha value is -3.00. The maximum atomic E-state index is 13.8. The summed E-state index contributed by atoms with van der Waals surface area (Å²) in [5, 5.41) is 0. The lowest BCUT2D eigenvalue weighted by Crippen LogP contribution is -2.65. The van der Waals surface area contributed by atoms with Gasteiger partial charge in [-0.25, -0.2) is 0 Å². The number of nitrogens with two attached hydrogens (primary N) is 6. The van der Waals surface area contributed by atoms with Crippen LogP contribution < -0.4 is 34.4 Å². The lowest BCUT2D eigenvalue weighted by molar-refractivity contribution is -0.145. The molecular formula is C69H108N6O6. The van der Waals surface area contributed by atoms with Crippen molar-refractivity contribution in [3.63, 3.8) is 0 Å². The van der Waals surface area contributed by atoms with Crippen molar-refractivity contribution >= 4 is 34.7 Å². The first-order chi connectivity index (χ1) is 38.4. The number of Topliss-reactive ketones (excluding diaryl/α,β-unsaturated/α-hetero) is 6. The average molecular weight is 1120 g/mol. The highest BCUT2D eigenvalue weighted by atomic mass is 16.2. The summed E-state index contributed by atoms with van der Waals surface area (Å²) in [6, 6.07) is 4.97. The molecule has 450 valence electrons. The molecule has 12 saturated carbocycles. The van der Waals surface area contributed by atoms with Gasteiger partial charge >= 0.3 is 0 Å². The van der Waals surface area contributed by atoms with Crippen molar-refractivity contribution in [1.29, 1.82) is 0 Å². The molecule has 12 bridgehead atoms. The number of rotatable bonds is 33. The predicted molar refractivity (Wildman–Crippen MR) is 320 cm³/mol. The Labute approximate surface area is 486 Å². The maximum Gasteiger partial charge on any atom is 0.160 e. The minimum atomic E-state index is -0.999. The molecule has 12 fully saturated rings. The number of hydrogen-bond acceptors (Lipinski definition) is 12. The number of ketones is 6. The van der Waals surface area contributed by atoms with Crippen LogP contribution in [-0.2, 0) is 48.0 Å². The van der Waals surface area contributed by atoms with E-state index in [-0.39, 0.29) is 70.2 Å². The largest absolute Gasteiger partial charge is 0.321 e. The fourth-order valence-electron chi connectivity index (χ4n) is 20.9. The second-order valence-corrected chi connectivity index (χ2v) is 31.2. The third-order valence-corrected chi connectivity index (χ3v) is 25.0. The molecule has 0 spiro atoms. The normalized spacial score (nSPS) is 35.4. The van der Waals surface area contributed by atoms with Crippen molar-refractivity contribution in [1.82, 2.24) is 0 Å². The molecule has 13 rings (SSSR count). The van der Waals surface area contributed by atoms with E-state index in [2.05, 4.69) is 18.2 Å². The van der Waals surface area contributed by atoms with Crippen LogP contribution in [0.4, 0.5) is 0 Å². The Balaban J connectivity index is 0.674. The lowest BCUT2D eigenvalue weighted by atomic mass is 9.44. The fourth-order valence-corrected chi connectivity index (χ4v) is 20.9. The highest BCUT2D eigenvalue weighted by Gasteiger charge is 2.62. The van der Waals surface area contributed by atoms with E-state index in [1.807, 2.05) is 20.8 Å². The summed E-state index contributed by atoms with van der Waals surface area (Å²) >= 11 is 0. The Morgan fingerprint density at radius 2 is 0.568 bits per heavy atom. The third-order valence-electron chi connectivity index (χ3n) is 25.0. The zero-order chi connectivity index (χ0) is 57.7. The van der Waals surface area contributed by atoms with E-state index in [1.165, 1.54) is 74.5 Å². The molecule has 1 aromatic rings. The van der Waals surface area contributed by atoms with Crippen LogP contribution in [0.2, 0.25) is 0 Å². The second-order valence-electron chi connectivity index (χ2n) is 31.2. The van der Waals surface area contributed by atoms with Crippen molar-refractivity contribution in [3.05, 3.63) is 34.9 Å². The van der Waals surface area contributed by atoms with Crippen molar-refractivity contribution in [2.45, 2.75) is 287 Å². The zero-order valence-electron chi connectivity index (χ0n) is 50.5. The van der Waals surface area contributed by atoms with Gasteiger partial charge in [0.15, 0.2) is 34.7 Å². The van der Waals surface area contributed by atoms with Crippen LogP contribution in [0, 0.1) is 69.5 Å². The monoisotopic (exact) mass is 1120 g/mol. The lowest BCUT2D eigenvalue weighted by Gasteiger charge is -2.61. The molecule has 12 aliphatic rings. The number of unbranched alkanes of at least 4 members (excludes halogenated alkanes) is 6. The molecule has 12 nitrogen and oxygen atoms in total. The van der Waals surface area contributed by atoms with Crippen LogP contribution in [0.5, 0.6) is 0 Å². The number of hydrogen-bond donors (Lipinski definition) is 6. The summed E-state index contributed by atoms with van der Waals surface area (Å²) in [4.78, 5) is 81.6. The molecule has 0 saturated heterocycles. The Bertz CT molecular complexity index is 2110. The SMILES string of the molecule is CC(N)(C(=O)CC(=O)C(N)CCCCCc1cc(CCCCCC(N)C(=O)CC(=O)C(C)(N)C23CC4CC(CC(C4)C2)C3)cc(CCCCCC(N)C(=O)CC(=O)C(C)(N)C23CC4CC(CC(C4)C2)C3)c1)C12CC3CC(CC(C3)C1)C2. The van der Waals surface area contributed by atoms with E-state index in [4.69, 9.17) is 34.4 Å². The van der Waals surface area contributed by atoms with Crippen molar-refractivity contribution in [2.75, 3.05) is 0 Å². The smallest absolute Gasteiger partial charge is 0.160 e. The molecule has 0 radical (unpaired) electrons. The van der Waals surface area contributed by atoms with Crippen LogP contribution in [-0.4, -0.2) is 69.4 Å². The minimum absolute atomic E-state index is 0.131. The first kappa shape index (κ1) is 61.1. The summed E-state index contributed by atoms with van der Waals surface area (Å²) in [5.74, 6) is 5.08. The summed E-state index contributed by atoms with van der Waals surface area (Å²) in [6.07, 6.45) is 32.5. The highest BCUT2D eigenvalue weighted by Crippen LogP contribution is 2.66. The Morgan fingerprint density at radius 3 is 0.765 bits per heavy atom. The van der Waals surface area contributed by atoms with Gasteiger partial charge in [-0.1, -0.05) is 56.7 Å². The van der Waals surface area contributed by atoms with Crippen LogP contribution in [0.25, 0.3) is 0 Å². The van der Waals surface area contributed by atoms with Gasteiger partial charge in [-0.05, 0) is 280 Å². The average Bonchev–Trinajstić information content (AvgIpc) is 2.13. The molecule has 12 aliphatic carbocycles. The van der Waals surface area contributed by atoms with Crippen LogP contribution in [0.1, 0.15) is 249 Å². The van der Waals surface area contributed by atoms with Gasteiger partial charge in [0.05, 0.1) is 54.0 Å². The first-order valence-electron chi connectivity index (χ1n) is 33.3. The molecule has 0 heterocycles. The topological polar surface area (TPSA) is 259 Å². The molecule has 0 aromatic heterocycles. The van der Waals surface area contributed by atoms with Gasteiger partial charge in [-0.15, -0.1) is 0 Å². The van der Waals surface area contributed by atoms with E-state index >= 15 is 0 Å². The fraction of sp³-hybridized carbons (Fsp3) is 0.826. The second kappa shape index (κ2) is 24.4. The van der Waals surface area contributed by atoms with Gasteiger partial charge in [0, 0.05) is 0 Å². The van der Waals surface area contributed by atoms with Crippen LogP contribution in [0.15, 0.2) is 18.2 Å². The Morgan fingerprint density at radius 1 is 0.370 bits per heavy atom. The van der Waals surface area contributed by atoms with Crippen molar-refractivity contribution in [3.8, 4) is 0 Å². The summed E-state index contributed by atoms with van der Waals surface area (Å²) < 4.78 is 0. The van der Waals surface area contributed by atoms with Crippen LogP contribution in [0.3, 0.4) is 0 Å². The molecular weight excluding hydrogens is 1010 g/mol. The van der Waals surface area contributed by atoms with E-state index in [0.29, 0.717) is 72.5 Å². The number of benzene rings is 1. The van der Waals surface area contributed by atoms with Gasteiger partial charge in [0.2, 0.25) is 0 Å². The Kier molecular flexibility index (Phi) is 18.4. The number of aryl methyl sites for hydroxylation is 3. The first-order valence-corrected chi connectivity index (χ1v) is 33.3. The van der Waals surface area contributed by atoms with E-state index in [1.54, 1.807) is 0 Å². The maximum absolute atomic E-state index is 13.8. The molecule has 1 aromatic carbocycles. The summed E-state index contributed by atoms with van der Waals surface area (Å²) in [6.45, 7) is 5.71. The van der Waals surface area contributed by atoms with Gasteiger partial charge in [0.25, 0.3) is 0 Å². The van der Waals surface area contributed by atoms with Crippen molar-refractivity contribution in [2.24, 2.45) is 104 Å². The van der Waals surface area contributed by atoms with E-state index in [0.717, 1.165) is 135 Å². The quantitative estimate of drug-likeness (QED) is 0.0284. The standard InChI is InChI=1S/C69H108N6O6/c1-64(73,67-34-46-22-47(35-67)24-48(23-46)36-67)61(79)31-58(76)55(70)16-10-4-7-13-43-19-44(14-8-5-11-17-56(71)59(77)32-62(80)65(2,74)68-37-49-25-50(38-68)27-51(26-49)39-68)21-45(20-43)15-9-6-12-18-57(72)60(78)33-63(81)66(3,75)69-40-52-28-53(41-69)30-54(29-52)42-69/h19-21,46-57H,4-18,22-42,70-75H2,1-3H3. The molecule has 6 unspecified atom stereocenters. The molecule has 12 N–H and O–H groups in total. The molecule has 81 heavy (non-hydrogen) atoms. The van der Waals surface area contributed by atoms with Gasteiger partial charge in [0.1, 0.15) is 0 Å². The highest BCUT2D eigenvalue weighted by molar-refractivity contribution is 6.07. The minimum Gasteiger partial charge on any atom is -0.321 e. The van der Waals surface area contributed by atoms with Gasteiger partial charge in [-0.2, -0.15) is 0 Å². The van der Waals surface area contributed by atoms with Gasteiger partial charge < -0.3 is 34.4 Å². The number of carbonyl (C=O) groups is 6. The van der Waals surface area contributed by atoms with Gasteiger partial charge in [-0.3, -0.25) is 28.8 Å². The molecule has 6 atom stereocenters. The van der Waals surface area contributed by atoms with E-state index in [9.17, 15) is 28.8 Å². The zero-order valence-corrected chi connectivity index (χ0v) is 50.5. The van der Waals surface area contributed by atoms with Crippen molar-refractivity contribution < 1.29 is 28.8 Å². The third kappa shape index (κ3) is 12.9. The number of carbonyl (C=O) groups excluding carboxylic acids is 6. The summed E-state index contributed by atoms with van der Waals surface area (Å²) in [7, 11) is 0. The molecule has 0 amide bonds. The summed E-state index contributed by atoms with van der Waals surface area (Å²) in [5.41, 5.74) is 40.7. The predicted octanol–water partition coefficient (Wildman–Crippen LogP) is 10.4. The van der Waals surface area contributed by atoms with E-state index < -0.39 is 34.7 Å². The molecule has 12 heteroatoms.